The van der Waals surface area contributed by atoms with E-state index in [2.05, 4.69) is 35.9 Å². The molecule has 0 aromatic heterocycles. The zero-order valence-corrected chi connectivity index (χ0v) is 13.6. The highest BCUT2D eigenvalue weighted by Crippen LogP contribution is 2.30. The third-order valence-corrected chi connectivity index (χ3v) is 4.40. The lowest BCUT2D eigenvalue weighted by Gasteiger charge is -2.33. The van der Waals surface area contributed by atoms with Crippen LogP contribution >= 0.6 is 0 Å². The molecule has 1 aliphatic heterocycles. The van der Waals surface area contributed by atoms with Crippen LogP contribution in [-0.4, -0.2) is 56.2 Å². The van der Waals surface area contributed by atoms with Gasteiger partial charge in [-0.05, 0) is 46.0 Å². The molecule has 0 radical (unpaired) electrons. The molecule has 1 heterocycles. The van der Waals surface area contributed by atoms with Gasteiger partial charge in [0, 0.05) is 24.7 Å². The third kappa shape index (κ3) is 4.19. The van der Waals surface area contributed by atoms with Crippen LogP contribution in [0, 0.1) is 0 Å². The first kappa shape index (κ1) is 16.3. The SMILES string of the molecule is COc1ccccc1C(C(C)N)N(C)CCN1CCCC1. The maximum absolute atomic E-state index is 6.27. The third-order valence-electron chi connectivity index (χ3n) is 4.40. The zero-order valence-electron chi connectivity index (χ0n) is 13.6. The Bertz CT molecular complexity index is 430. The fourth-order valence-corrected chi connectivity index (χ4v) is 3.28. The topological polar surface area (TPSA) is 41.7 Å². The molecular weight excluding hydrogens is 262 g/mol. The summed E-state index contributed by atoms with van der Waals surface area (Å²) in [4.78, 5) is 4.90. The van der Waals surface area contributed by atoms with Gasteiger partial charge in [0.25, 0.3) is 0 Å². The summed E-state index contributed by atoms with van der Waals surface area (Å²) in [6.07, 6.45) is 2.68. The van der Waals surface area contributed by atoms with Gasteiger partial charge in [-0.25, -0.2) is 0 Å². The fraction of sp³-hybridized carbons (Fsp3) is 0.647. The summed E-state index contributed by atoms with van der Waals surface area (Å²) >= 11 is 0. The lowest BCUT2D eigenvalue weighted by atomic mass is 9.98. The van der Waals surface area contributed by atoms with Crippen molar-refractivity contribution in [1.82, 2.24) is 9.80 Å². The molecule has 1 aromatic carbocycles. The van der Waals surface area contributed by atoms with E-state index in [0.29, 0.717) is 0 Å². The Kier molecular flexibility index (Phi) is 6.03. The van der Waals surface area contributed by atoms with Gasteiger partial charge >= 0.3 is 0 Å². The predicted octanol–water partition coefficient (Wildman–Crippen LogP) is 2.11. The summed E-state index contributed by atoms with van der Waals surface area (Å²) in [6, 6.07) is 8.44. The van der Waals surface area contributed by atoms with Crippen LogP contribution in [0.1, 0.15) is 31.4 Å². The summed E-state index contributed by atoms with van der Waals surface area (Å²) in [6.45, 7) is 6.71. The smallest absolute Gasteiger partial charge is 0.123 e. The van der Waals surface area contributed by atoms with Gasteiger partial charge in [0.1, 0.15) is 5.75 Å². The molecule has 0 amide bonds. The van der Waals surface area contributed by atoms with E-state index in [0.717, 1.165) is 18.8 Å². The first-order chi connectivity index (χ1) is 10.1. The molecule has 0 aliphatic carbocycles. The standard InChI is InChI=1S/C17H29N3O/c1-14(18)17(15-8-4-5-9-16(15)21-3)19(2)12-13-20-10-6-7-11-20/h4-5,8-9,14,17H,6-7,10-13,18H2,1-3H3. The second-order valence-electron chi connectivity index (χ2n) is 6.08. The molecule has 2 rings (SSSR count). The Labute approximate surface area is 128 Å². The van der Waals surface area contributed by atoms with Crippen molar-refractivity contribution < 1.29 is 4.74 Å². The number of likely N-dealkylation sites (N-methyl/N-ethyl adjacent to an activating group) is 1. The first-order valence-electron chi connectivity index (χ1n) is 7.94. The van der Waals surface area contributed by atoms with Crippen LogP contribution < -0.4 is 10.5 Å². The highest BCUT2D eigenvalue weighted by atomic mass is 16.5. The maximum Gasteiger partial charge on any atom is 0.123 e. The molecule has 2 atom stereocenters. The number of para-hydroxylation sites is 1. The molecule has 21 heavy (non-hydrogen) atoms. The zero-order chi connectivity index (χ0) is 15.2. The highest BCUT2D eigenvalue weighted by Gasteiger charge is 2.24. The van der Waals surface area contributed by atoms with Crippen LogP contribution in [0.15, 0.2) is 24.3 Å². The van der Waals surface area contributed by atoms with E-state index in [9.17, 15) is 0 Å². The van der Waals surface area contributed by atoms with Crippen molar-refractivity contribution in [1.29, 1.82) is 0 Å². The van der Waals surface area contributed by atoms with E-state index in [1.54, 1.807) is 7.11 Å². The summed E-state index contributed by atoms with van der Waals surface area (Å²) < 4.78 is 5.51. The summed E-state index contributed by atoms with van der Waals surface area (Å²) in [7, 11) is 3.89. The monoisotopic (exact) mass is 291 g/mol. The molecular formula is C17H29N3O. The van der Waals surface area contributed by atoms with E-state index < -0.39 is 0 Å². The number of hydrogen-bond acceptors (Lipinski definition) is 4. The van der Waals surface area contributed by atoms with Crippen LogP contribution in [0.3, 0.4) is 0 Å². The number of rotatable bonds is 7. The molecule has 1 fully saturated rings. The van der Waals surface area contributed by atoms with Crippen molar-refractivity contribution in [3.63, 3.8) is 0 Å². The van der Waals surface area contributed by atoms with Crippen molar-refractivity contribution in [3.8, 4) is 5.75 Å². The van der Waals surface area contributed by atoms with Crippen molar-refractivity contribution in [2.24, 2.45) is 5.73 Å². The van der Waals surface area contributed by atoms with E-state index in [-0.39, 0.29) is 12.1 Å². The second-order valence-corrected chi connectivity index (χ2v) is 6.08. The van der Waals surface area contributed by atoms with Gasteiger partial charge < -0.3 is 15.4 Å². The lowest BCUT2D eigenvalue weighted by molar-refractivity contribution is 0.185. The molecule has 0 spiro atoms. The fourth-order valence-electron chi connectivity index (χ4n) is 3.28. The summed E-state index contributed by atoms with van der Waals surface area (Å²) in [5.74, 6) is 0.924. The molecule has 4 nitrogen and oxygen atoms in total. The van der Waals surface area contributed by atoms with Crippen molar-refractivity contribution in [2.75, 3.05) is 40.3 Å². The van der Waals surface area contributed by atoms with Gasteiger partial charge in [-0.1, -0.05) is 18.2 Å². The maximum atomic E-state index is 6.27. The molecule has 2 N–H and O–H groups in total. The van der Waals surface area contributed by atoms with Crippen LogP contribution in [0.4, 0.5) is 0 Å². The molecule has 1 saturated heterocycles. The number of methoxy groups -OCH3 is 1. The minimum atomic E-state index is 0.0601. The van der Waals surface area contributed by atoms with Crippen molar-refractivity contribution in [2.45, 2.75) is 31.8 Å². The van der Waals surface area contributed by atoms with Gasteiger partial charge in [-0.2, -0.15) is 0 Å². The van der Waals surface area contributed by atoms with Gasteiger partial charge in [0.05, 0.1) is 13.2 Å². The first-order valence-corrected chi connectivity index (χ1v) is 7.94. The van der Waals surface area contributed by atoms with Crippen LogP contribution in [0.2, 0.25) is 0 Å². The Morgan fingerprint density at radius 1 is 1.29 bits per heavy atom. The number of ether oxygens (including phenoxy) is 1. The lowest BCUT2D eigenvalue weighted by Crippen LogP contribution is -2.41. The quantitative estimate of drug-likeness (QED) is 0.835. The Balaban J connectivity index is 2.06. The minimum Gasteiger partial charge on any atom is -0.496 e. The molecule has 4 heteroatoms. The molecule has 0 saturated carbocycles. The van der Waals surface area contributed by atoms with Gasteiger partial charge in [-0.15, -0.1) is 0 Å². The Hall–Kier alpha value is -1.10. The number of nitrogens with zero attached hydrogens (tertiary/aromatic N) is 2. The Morgan fingerprint density at radius 2 is 1.95 bits per heavy atom. The largest absolute Gasteiger partial charge is 0.496 e. The number of hydrogen-bond donors (Lipinski definition) is 1. The Morgan fingerprint density at radius 3 is 2.57 bits per heavy atom. The predicted molar refractivity (Wildman–Crippen MR) is 87.7 cm³/mol. The molecule has 2 unspecified atom stereocenters. The average Bonchev–Trinajstić information content (AvgIpc) is 2.99. The summed E-state index contributed by atoms with van der Waals surface area (Å²) in [5, 5.41) is 0. The number of nitrogens with two attached hydrogens (primary N) is 1. The number of likely N-dealkylation sites (tertiary alicyclic amines) is 1. The van der Waals surface area contributed by atoms with Crippen LogP contribution in [0.25, 0.3) is 0 Å². The number of benzene rings is 1. The van der Waals surface area contributed by atoms with E-state index in [1.165, 1.54) is 31.5 Å². The summed E-state index contributed by atoms with van der Waals surface area (Å²) in [5.41, 5.74) is 7.45. The average molecular weight is 291 g/mol. The highest BCUT2D eigenvalue weighted by molar-refractivity contribution is 5.36. The molecule has 1 aromatic rings. The van der Waals surface area contributed by atoms with Crippen LogP contribution in [0.5, 0.6) is 5.75 Å². The molecule has 0 bridgehead atoms. The molecule has 1 aliphatic rings. The van der Waals surface area contributed by atoms with Crippen LogP contribution in [-0.2, 0) is 0 Å². The van der Waals surface area contributed by atoms with E-state index in [1.807, 2.05) is 12.1 Å². The van der Waals surface area contributed by atoms with E-state index >= 15 is 0 Å². The van der Waals surface area contributed by atoms with Gasteiger partial charge in [0.2, 0.25) is 0 Å². The van der Waals surface area contributed by atoms with Crippen molar-refractivity contribution in [3.05, 3.63) is 29.8 Å². The normalized spacial score (nSPS) is 18.9. The van der Waals surface area contributed by atoms with E-state index in [4.69, 9.17) is 10.5 Å². The van der Waals surface area contributed by atoms with Gasteiger partial charge in [-0.3, -0.25) is 4.90 Å². The van der Waals surface area contributed by atoms with Crippen molar-refractivity contribution >= 4 is 0 Å². The van der Waals surface area contributed by atoms with Gasteiger partial charge in [0.15, 0.2) is 0 Å². The second kappa shape index (κ2) is 7.78. The minimum absolute atomic E-state index is 0.0601. The molecule has 118 valence electrons.